The maximum atomic E-state index is 13.0. The van der Waals surface area contributed by atoms with Crippen LogP contribution in [0, 0.1) is 6.92 Å². The van der Waals surface area contributed by atoms with Gasteiger partial charge in [-0.2, -0.15) is 5.10 Å². The van der Waals surface area contributed by atoms with Crippen molar-refractivity contribution in [3.8, 4) is 5.75 Å². The number of para-hydroxylation sites is 1. The number of aryl methyl sites for hydroxylation is 1. The summed E-state index contributed by atoms with van der Waals surface area (Å²) in [6.07, 6.45) is 5.92. The number of benzene rings is 1. The van der Waals surface area contributed by atoms with Crippen molar-refractivity contribution in [3.05, 3.63) is 47.8 Å². The predicted molar refractivity (Wildman–Crippen MR) is 95.0 cm³/mol. The van der Waals surface area contributed by atoms with Crippen LogP contribution in [-0.2, 0) is 4.74 Å². The molecule has 1 aromatic heterocycles. The Morgan fingerprint density at radius 3 is 2.92 bits per heavy atom. The first-order chi connectivity index (χ1) is 12.2. The van der Waals surface area contributed by atoms with E-state index in [9.17, 15) is 4.79 Å². The third-order valence-electron chi connectivity index (χ3n) is 4.45. The summed E-state index contributed by atoms with van der Waals surface area (Å²) >= 11 is 0. The molecule has 1 aromatic carbocycles. The van der Waals surface area contributed by atoms with E-state index >= 15 is 0 Å². The summed E-state index contributed by atoms with van der Waals surface area (Å²) < 4.78 is 12.7. The normalized spacial score (nSPS) is 17.5. The molecule has 0 radical (unpaired) electrons. The summed E-state index contributed by atoms with van der Waals surface area (Å²) in [6.45, 7) is 4.39. The minimum Gasteiger partial charge on any atom is -0.490 e. The molecule has 2 aromatic rings. The van der Waals surface area contributed by atoms with Gasteiger partial charge in [-0.1, -0.05) is 12.1 Å². The van der Waals surface area contributed by atoms with Crippen LogP contribution in [0.3, 0.4) is 0 Å². The standard InChI is InChI=1S/C19H25N3O3/c1-15-12-20-22(13-15)16-6-5-9-21(14-16)19(23)17-7-3-4-8-18(17)25-11-10-24-2/h3-4,7-8,12-13,16H,5-6,9-11,14H2,1-2H3/t16-/m0/s1. The molecule has 0 aliphatic carbocycles. The summed E-state index contributed by atoms with van der Waals surface area (Å²) in [5.74, 6) is 0.628. The van der Waals surface area contributed by atoms with Gasteiger partial charge in [-0.15, -0.1) is 0 Å². The van der Waals surface area contributed by atoms with Crippen LogP contribution in [0.4, 0.5) is 0 Å². The van der Waals surface area contributed by atoms with Gasteiger partial charge in [0.05, 0.1) is 24.4 Å². The third kappa shape index (κ3) is 4.20. The summed E-state index contributed by atoms with van der Waals surface area (Å²) in [6, 6.07) is 7.64. The zero-order valence-corrected chi connectivity index (χ0v) is 14.9. The molecule has 0 bridgehead atoms. The number of hydrogen-bond acceptors (Lipinski definition) is 4. The molecule has 1 atom stereocenters. The molecule has 1 fully saturated rings. The van der Waals surface area contributed by atoms with E-state index in [1.54, 1.807) is 7.11 Å². The van der Waals surface area contributed by atoms with Crippen LogP contribution in [-0.4, -0.2) is 54.0 Å². The van der Waals surface area contributed by atoms with Crippen molar-refractivity contribution in [2.75, 3.05) is 33.4 Å². The lowest BCUT2D eigenvalue weighted by Gasteiger charge is -2.33. The average Bonchev–Trinajstić information content (AvgIpc) is 3.08. The molecule has 1 aliphatic heterocycles. The van der Waals surface area contributed by atoms with Gasteiger partial charge >= 0.3 is 0 Å². The quantitative estimate of drug-likeness (QED) is 0.757. The highest BCUT2D eigenvalue weighted by Crippen LogP contribution is 2.25. The highest BCUT2D eigenvalue weighted by molar-refractivity contribution is 5.97. The van der Waals surface area contributed by atoms with Gasteiger partial charge < -0.3 is 14.4 Å². The van der Waals surface area contributed by atoms with Crippen molar-refractivity contribution in [1.82, 2.24) is 14.7 Å². The number of likely N-dealkylation sites (tertiary alicyclic amines) is 1. The number of aromatic nitrogens is 2. The summed E-state index contributed by atoms with van der Waals surface area (Å²) in [5, 5.41) is 4.41. The van der Waals surface area contributed by atoms with E-state index in [1.165, 1.54) is 0 Å². The van der Waals surface area contributed by atoms with Crippen molar-refractivity contribution < 1.29 is 14.3 Å². The van der Waals surface area contributed by atoms with Crippen molar-refractivity contribution in [3.63, 3.8) is 0 Å². The molecule has 1 saturated heterocycles. The van der Waals surface area contributed by atoms with Gasteiger partial charge in [0.1, 0.15) is 12.4 Å². The average molecular weight is 343 g/mol. The number of hydrogen-bond donors (Lipinski definition) is 0. The summed E-state index contributed by atoms with van der Waals surface area (Å²) in [5.41, 5.74) is 1.75. The van der Waals surface area contributed by atoms with Crippen LogP contribution in [0.5, 0.6) is 5.75 Å². The van der Waals surface area contributed by atoms with Crippen LogP contribution in [0.25, 0.3) is 0 Å². The molecular formula is C19H25N3O3. The number of piperidine rings is 1. The fourth-order valence-corrected chi connectivity index (χ4v) is 3.16. The Morgan fingerprint density at radius 1 is 1.32 bits per heavy atom. The molecule has 0 unspecified atom stereocenters. The second-order valence-corrected chi connectivity index (χ2v) is 6.38. The number of carbonyl (C=O) groups excluding carboxylic acids is 1. The highest BCUT2D eigenvalue weighted by atomic mass is 16.5. The molecule has 1 aliphatic rings. The largest absolute Gasteiger partial charge is 0.490 e. The first-order valence-corrected chi connectivity index (χ1v) is 8.70. The SMILES string of the molecule is COCCOc1ccccc1C(=O)N1CCC[C@H](n2cc(C)cn2)C1. The lowest BCUT2D eigenvalue weighted by molar-refractivity contribution is 0.0666. The third-order valence-corrected chi connectivity index (χ3v) is 4.45. The lowest BCUT2D eigenvalue weighted by atomic mass is 10.0. The predicted octanol–water partition coefficient (Wildman–Crippen LogP) is 2.69. The van der Waals surface area contributed by atoms with Gasteiger partial charge in [0.25, 0.3) is 5.91 Å². The van der Waals surface area contributed by atoms with Crippen molar-refractivity contribution in [2.45, 2.75) is 25.8 Å². The van der Waals surface area contributed by atoms with Crippen LogP contribution < -0.4 is 4.74 Å². The Kier molecular flexibility index (Phi) is 5.71. The molecule has 1 amide bonds. The van der Waals surface area contributed by atoms with E-state index in [0.29, 0.717) is 31.1 Å². The van der Waals surface area contributed by atoms with E-state index in [2.05, 4.69) is 5.10 Å². The summed E-state index contributed by atoms with van der Waals surface area (Å²) in [7, 11) is 1.63. The second kappa shape index (κ2) is 8.16. The van der Waals surface area contributed by atoms with Crippen molar-refractivity contribution >= 4 is 5.91 Å². The van der Waals surface area contributed by atoms with Gasteiger partial charge in [-0.05, 0) is 37.5 Å². The molecule has 0 saturated carbocycles. The van der Waals surface area contributed by atoms with E-state index < -0.39 is 0 Å². The molecule has 3 rings (SSSR count). The zero-order valence-electron chi connectivity index (χ0n) is 14.9. The van der Waals surface area contributed by atoms with Gasteiger partial charge in [0.15, 0.2) is 0 Å². The smallest absolute Gasteiger partial charge is 0.257 e. The Morgan fingerprint density at radius 2 is 2.16 bits per heavy atom. The molecule has 6 heteroatoms. The first-order valence-electron chi connectivity index (χ1n) is 8.70. The van der Waals surface area contributed by atoms with Crippen LogP contribution in [0.15, 0.2) is 36.7 Å². The lowest BCUT2D eigenvalue weighted by Crippen LogP contribution is -2.41. The van der Waals surface area contributed by atoms with Crippen molar-refractivity contribution in [1.29, 1.82) is 0 Å². The van der Waals surface area contributed by atoms with E-state index in [1.807, 2.05) is 53.2 Å². The van der Waals surface area contributed by atoms with Crippen LogP contribution in [0.1, 0.15) is 34.8 Å². The topological polar surface area (TPSA) is 56.6 Å². The minimum absolute atomic E-state index is 0.0154. The van der Waals surface area contributed by atoms with E-state index in [-0.39, 0.29) is 11.9 Å². The monoisotopic (exact) mass is 343 g/mol. The highest BCUT2D eigenvalue weighted by Gasteiger charge is 2.27. The molecular weight excluding hydrogens is 318 g/mol. The number of ether oxygens (including phenoxy) is 2. The molecule has 6 nitrogen and oxygen atoms in total. The van der Waals surface area contributed by atoms with Gasteiger partial charge in [0.2, 0.25) is 0 Å². The minimum atomic E-state index is 0.0154. The Balaban J connectivity index is 1.72. The number of nitrogens with zero attached hydrogens (tertiary/aromatic N) is 3. The van der Waals surface area contributed by atoms with Gasteiger partial charge in [0, 0.05) is 26.4 Å². The van der Waals surface area contributed by atoms with Crippen LogP contribution in [0.2, 0.25) is 0 Å². The second-order valence-electron chi connectivity index (χ2n) is 6.38. The Hall–Kier alpha value is -2.34. The Labute approximate surface area is 148 Å². The first kappa shape index (κ1) is 17.5. The molecule has 0 spiro atoms. The van der Waals surface area contributed by atoms with Gasteiger partial charge in [-0.25, -0.2) is 0 Å². The maximum absolute atomic E-state index is 13.0. The fraction of sp³-hybridized carbons (Fsp3) is 0.474. The molecule has 2 heterocycles. The van der Waals surface area contributed by atoms with Crippen molar-refractivity contribution in [2.24, 2.45) is 0 Å². The maximum Gasteiger partial charge on any atom is 0.257 e. The van der Waals surface area contributed by atoms with E-state index in [4.69, 9.17) is 9.47 Å². The molecule has 25 heavy (non-hydrogen) atoms. The number of carbonyl (C=O) groups is 1. The fourth-order valence-electron chi connectivity index (χ4n) is 3.16. The number of rotatable bonds is 6. The zero-order chi connectivity index (χ0) is 17.6. The molecule has 134 valence electrons. The van der Waals surface area contributed by atoms with Gasteiger partial charge in [-0.3, -0.25) is 9.48 Å². The molecule has 0 N–H and O–H groups in total. The van der Waals surface area contributed by atoms with E-state index in [0.717, 1.165) is 24.9 Å². The van der Waals surface area contributed by atoms with Crippen LogP contribution >= 0.6 is 0 Å². The summed E-state index contributed by atoms with van der Waals surface area (Å²) in [4.78, 5) is 14.9. The Bertz CT molecular complexity index is 713. The number of amides is 1. The number of methoxy groups -OCH3 is 1.